The molecule has 0 atom stereocenters. The molecule has 0 fully saturated rings. The number of carbonyl (C=O) groups is 1. The summed E-state index contributed by atoms with van der Waals surface area (Å²) in [4.78, 5) is 20.1. The minimum Gasteiger partial charge on any atom is -0.478 e. The van der Waals surface area contributed by atoms with Crippen LogP contribution in [0.1, 0.15) is 17.3 Å². The number of anilines is 1. The molecule has 0 aliphatic heterocycles. The summed E-state index contributed by atoms with van der Waals surface area (Å²) in [5.74, 6) is 0.286. The van der Waals surface area contributed by atoms with Gasteiger partial charge in [-0.1, -0.05) is 0 Å². The Balaban J connectivity index is 2.09. The van der Waals surface area contributed by atoms with E-state index in [2.05, 4.69) is 31.2 Å². The lowest BCUT2D eigenvalue weighted by Gasteiger charge is -2.07. The molecule has 0 bridgehead atoms. The summed E-state index contributed by atoms with van der Waals surface area (Å²) < 4.78 is 5.73. The van der Waals surface area contributed by atoms with Crippen LogP contribution in [0.4, 0.5) is 5.69 Å². The maximum atomic E-state index is 12.0. The van der Waals surface area contributed by atoms with E-state index in [1.54, 1.807) is 36.7 Å². The minimum absolute atomic E-state index is 0.245. The molecule has 19 heavy (non-hydrogen) atoms. The van der Waals surface area contributed by atoms with Gasteiger partial charge in [-0.05, 0) is 41.1 Å². The Kier molecular flexibility index (Phi) is 4.46. The zero-order valence-electron chi connectivity index (χ0n) is 10.3. The maximum Gasteiger partial charge on any atom is 0.258 e. The molecule has 2 rings (SSSR count). The van der Waals surface area contributed by atoms with Gasteiger partial charge in [0.2, 0.25) is 5.88 Å². The molecule has 0 aromatic carbocycles. The van der Waals surface area contributed by atoms with Crippen molar-refractivity contribution in [3.8, 4) is 5.88 Å². The molecule has 1 N–H and O–H groups in total. The third-order valence-corrected chi connectivity index (χ3v) is 2.92. The monoisotopic (exact) mass is 321 g/mol. The van der Waals surface area contributed by atoms with Gasteiger partial charge in [0.15, 0.2) is 0 Å². The first-order chi connectivity index (χ1) is 9.20. The third-order valence-electron chi connectivity index (χ3n) is 2.29. The van der Waals surface area contributed by atoms with Crippen molar-refractivity contribution in [2.45, 2.75) is 6.92 Å². The van der Waals surface area contributed by atoms with Gasteiger partial charge in [-0.25, -0.2) is 9.97 Å². The lowest BCUT2D eigenvalue weighted by Crippen LogP contribution is -2.13. The number of nitrogens with one attached hydrogen (secondary N) is 1. The minimum atomic E-state index is -0.245. The summed E-state index contributed by atoms with van der Waals surface area (Å²) in [5.41, 5.74) is 1.07. The van der Waals surface area contributed by atoms with Crippen molar-refractivity contribution in [3.05, 3.63) is 46.8 Å². The van der Waals surface area contributed by atoms with Crippen molar-refractivity contribution in [1.29, 1.82) is 0 Å². The quantitative estimate of drug-likeness (QED) is 0.879. The van der Waals surface area contributed by atoms with E-state index in [0.717, 1.165) is 0 Å². The van der Waals surface area contributed by atoms with E-state index in [0.29, 0.717) is 28.3 Å². The van der Waals surface area contributed by atoms with Crippen LogP contribution in [0.5, 0.6) is 5.88 Å². The molecule has 2 heterocycles. The van der Waals surface area contributed by atoms with E-state index in [1.807, 2.05) is 6.92 Å². The highest BCUT2D eigenvalue weighted by atomic mass is 79.9. The number of hydrogen-bond acceptors (Lipinski definition) is 4. The second kappa shape index (κ2) is 6.29. The molecule has 98 valence electrons. The van der Waals surface area contributed by atoms with Crippen molar-refractivity contribution < 1.29 is 9.53 Å². The number of halogens is 1. The number of rotatable bonds is 4. The van der Waals surface area contributed by atoms with Gasteiger partial charge in [0.1, 0.15) is 4.60 Å². The van der Waals surface area contributed by atoms with Crippen LogP contribution in [0.3, 0.4) is 0 Å². The number of amides is 1. The molecule has 0 unspecified atom stereocenters. The van der Waals surface area contributed by atoms with Crippen molar-refractivity contribution >= 4 is 27.5 Å². The van der Waals surface area contributed by atoms with Crippen LogP contribution in [-0.2, 0) is 0 Å². The largest absolute Gasteiger partial charge is 0.478 e. The van der Waals surface area contributed by atoms with Gasteiger partial charge in [0, 0.05) is 12.3 Å². The molecule has 0 spiro atoms. The zero-order valence-corrected chi connectivity index (χ0v) is 11.8. The van der Waals surface area contributed by atoms with E-state index >= 15 is 0 Å². The van der Waals surface area contributed by atoms with Crippen LogP contribution in [0, 0.1) is 0 Å². The lowest BCUT2D eigenvalue weighted by atomic mass is 10.2. The van der Waals surface area contributed by atoms with Crippen LogP contribution in [0.2, 0.25) is 0 Å². The standard InChI is InChI=1S/C13H12BrN3O2/c1-2-19-11-6-5-9(8-16-11)17-13(18)10-4-3-7-15-12(10)14/h3-8H,2H2,1H3,(H,17,18). The number of carbonyl (C=O) groups excluding carboxylic acids is 1. The summed E-state index contributed by atoms with van der Waals surface area (Å²) in [5, 5.41) is 2.74. The second-order valence-electron chi connectivity index (χ2n) is 3.61. The summed E-state index contributed by atoms with van der Waals surface area (Å²) in [7, 11) is 0. The Hall–Kier alpha value is -1.95. The highest BCUT2D eigenvalue weighted by Crippen LogP contribution is 2.16. The molecule has 0 radical (unpaired) electrons. The van der Waals surface area contributed by atoms with Crippen molar-refractivity contribution in [2.24, 2.45) is 0 Å². The van der Waals surface area contributed by atoms with E-state index in [9.17, 15) is 4.79 Å². The molecule has 0 saturated carbocycles. The van der Waals surface area contributed by atoms with E-state index < -0.39 is 0 Å². The Morgan fingerprint density at radius 2 is 2.21 bits per heavy atom. The topological polar surface area (TPSA) is 64.1 Å². The smallest absolute Gasteiger partial charge is 0.258 e. The Bertz CT molecular complexity index is 572. The van der Waals surface area contributed by atoms with Gasteiger partial charge in [0.25, 0.3) is 5.91 Å². The number of ether oxygens (including phenoxy) is 1. The summed E-state index contributed by atoms with van der Waals surface area (Å²) in [6.07, 6.45) is 3.16. The molecule has 0 aliphatic carbocycles. The normalized spacial score (nSPS) is 10.0. The SMILES string of the molecule is CCOc1ccc(NC(=O)c2cccnc2Br)cn1. The second-order valence-corrected chi connectivity index (χ2v) is 4.37. The summed E-state index contributed by atoms with van der Waals surface area (Å²) in [6.45, 7) is 2.44. The first-order valence-corrected chi connectivity index (χ1v) is 6.50. The first-order valence-electron chi connectivity index (χ1n) is 5.71. The van der Waals surface area contributed by atoms with Gasteiger partial charge >= 0.3 is 0 Å². The summed E-state index contributed by atoms with van der Waals surface area (Å²) in [6, 6.07) is 6.84. The number of nitrogens with zero attached hydrogens (tertiary/aromatic N) is 2. The predicted molar refractivity (Wildman–Crippen MR) is 75.3 cm³/mol. The fourth-order valence-corrected chi connectivity index (χ4v) is 1.87. The van der Waals surface area contributed by atoms with Crippen LogP contribution < -0.4 is 10.1 Å². The lowest BCUT2D eigenvalue weighted by molar-refractivity contribution is 0.102. The molecule has 6 heteroatoms. The Morgan fingerprint density at radius 3 is 2.84 bits per heavy atom. The highest BCUT2D eigenvalue weighted by molar-refractivity contribution is 9.10. The summed E-state index contributed by atoms with van der Waals surface area (Å²) >= 11 is 3.23. The number of hydrogen-bond donors (Lipinski definition) is 1. The molecule has 0 aliphatic rings. The Labute approximate surface area is 119 Å². The van der Waals surface area contributed by atoms with Gasteiger partial charge in [0.05, 0.1) is 24.1 Å². The van der Waals surface area contributed by atoms with Crippen LogP contribution >= 0.6 is 15.9 Å². The van der Waals surface area contributed by atoms with Crippen LogP contribution in [0.25, 0.3) is 0 Å². The zero-order chi connectivity index (χ0) is 13.7. The maximum absolute atomic E-state index is 12.0. The van der Waals surface area contributed by atoms with Gasteiger partial charge in [-0.15, -0.1) is 0 Å². The molecule has 5 nitrogen and oxygen atoms in total. The highest BCUT2D eigenvalue weighted by Gasteiger charge is 2.10. The number of pyridine rings is 2. The average molecular weight is 322 g/mol. The van der Waals surface area contributed by atoms with E-state index in [4.69, 9.17) is 4.74 Å². The third kappa shape index (κ3) is 3.51. The van der Waals surface area contributed by atoms with E-state index in [1.165, 1.54) is 0 Å². The van der Waals surface area contributed by atoms with E-state index in [-0.39, 0.29) is 5.91 Å². The predicted octanol–water partition coefficient (Wildman–Crippen LogP) is 2.89. The van der Waals surface area contributed by atoms with Gasteiger partial charge < -0.3 is 10.1 Å². The molecule has 2 aromatic rings. The molecule has 1 amide bonds. The molecule has 0 saturated heterocycles. The van der Waals surface area contributed by atoms with Crippen LogP contribution in [-0.4, -0.2) is 22.5 Å². The van der Waals surface area contributed by atoms with Crippen molar-refractivity contribution in [1.82, 2.24) is 9.97 Å². The average Bonchev–Trinajstić information content (AvgIpc) is 2.42. The first kappa shape index (κ1) is 13.5. The Morgan fingerprint density at radius 1 is 1.37 bits per heavy atom. The van der Waals surface area contributed by atoms with Crippen molar-refractivity contribution in [2.75, 3.05) is 11.9 Å². The number of aromatic nitrogens is 2. The van der Waals surface area contributed by atoms with Gasteiger partial charge in [-0.3, -0.25) is 4.79 Å². The molecule has 2 aromatic heterocycles. The van der Waals surface area contributed by atoms with Crippen molar-refractivity contribution in [3.63, 3.8) is 0 Å². The molecular weight excluding hydrogens is 310 g/mol. The van der Waals surface area contributed by atoms with Crippen LogP contribution in [0.15, 0.2) is 41.3 Å². The van der Waals surface area contributed by atoms with Gasteiger partial charge in [-0.2, -0.15) is 0 Å². The molecular formula is C13H12BrN3O2. The fourth-order valence-electron chi connectivity index (χ4n) is 1.44. The fraction of sp³-hybridized carbons (Fsp3) is 0.154.